The first-order valence-corrected chi connectivity index (χ1v) is 7.05. The Kier molecular flexibility index (Phi) is 4.82. The number of hydrogen-bond donors (Lipinski definition) is 1. The third-order valence-electron chi connectivity index (χ3n) is 2.72. The van der Waals surface area contributed by atoms with Crippen molar-refractivity contribution in [3.05, 3.63) is 56.0 Å². The maximum atomic E-state index is 10.8. The SMILES string of the molecule is O=C(O)Cc1cccc(-c2cc(Cl)c(Cl)c(Cl)c2)c1Cl. The Morgan fingerprint density at radius 3 is 2.15 bits per heavy atom. The zero-order valence-corrected chi connectivity index (χ0v) is 13.0. The van der Waals surface area contributed by atoms with Crippen LogP contribution < -0.4 is 0 Å². The third kappa shape index (κ3) is 3.21. The van der Waals surface area contributed by atoms with Gasteiger partial charge in [-0.15, -0.1) is 0 Å². The molecule has 0 saturated heterocycles. The molecule has 0 radical (unpaired) electrons. The van der Waals surface area contributed by atoms with E-state index < -0.39 is 5.97 Å². The van der Waals surface area contributed by atoms with Gasteiger partial charge in [-0.25, -0.2) is 0 Å². The van der Waals surface area contributed by atoms with E-state index in [-0.39, 0.29) is 11.4 Å². The smallest absolute Gasteiger partial charge is 0.307 e. The van der Waals surface area contributed by atoms with E-state index in [1.54, 1.807) is 30.3 Å². The zero-order valence-electron chi connectivity index (χ0n) is 9.96. The van der Waals surface area contributed by atoms with Gasteiger partial charge in [-0.05, 0) is 23.3 Å². The quantitative estimate of drug-likeness (QED) is 0.733. The molecule has 2 aromatic rings. The summed E-state index contributed by atoms with van der Waals surface area (Å²) in [4.78, 5) is 10.8. The highest BCUT2D eigenvalue weighted by Crippen LogP contribution is 2.38. The molecule has 0 amide bonds. The normalized spacial score (nSPS) is 10.6. The summed E-state index contributed by atoms with van der Waals surface area (Å²) in [6, 6.07) is 8.45. The van der Waals surface area contributed by atoms with E-state index in [2.05, 4.69) is 0 Å². The van der Waals surface area contributed by atoms with Crippen molar-refractivity contribution in [3.8, 4) is 11.1 Å². The standard InChI is InChI=1S/C14H8Cl4O2/c15-10-4-8(5-11(16)14(10)18)9-3-1-2-7(13(9)17)6-12(19)20/h1-5H,6H2,(H,19,20). The van der Waals surface area contributed by atoms with Crippen LogP contribution in [0.5, 0.6) is 0 Å². The molecule has 1 N–H and O–H groups in total. The summed E-state index contributed by atoms with van der Waals surface area (Å²) in [5.41, 5.74) is 1.87. The first-order chi connectivity index (χ1) is 9.40. The molecule has 0 unspecified atom stereocenters. The topological polar surface area (TPSA) is 37.3 Å². The minimum atomic E-state index is -0.948. The summed E-state index contributed by atoms with van der Waals surface area (Å²) < 4.78 is 0. The molecule has 0 saturated carbocycles. The molecule has 20 heavy (non-hydrogen) atoms. The molecule has 104 valence electrons. The van der Waals surface area contributed by atoms with Gasteiger partial charge in [-0.1, -0.05) is 64.6 Å². The predicted molar refractivity (Wildman–Crippen MR) is 83.3 cm³/mol. The van der Waals surface area contributed by atoms with Gasteiger partial charge in [0.1, 0.15) is 0 Å². The lowest BCUT2D eigenvalue weighted by Gasteiger charge is -2.10. The fourth-order valence-electron chi connectivity index (χ4n) is 1.81. The Balaban J connectivity index is 2.56. The van der Waals surface area contributed by atoms with Crippen molar-refractivity contribution >= 4 is 52.4 Å². The minimum absolute atomic E-state index is 0.151. The lowest BCUT2D eigenvalue weighted by atomic mass is 10.0. The van der Waals surface area contributed by atoms with Crippen molar-refractivity contribution in [2.24, 2.45) is 0 Å². The van der Waals surface area contributed by atoms with Crippen LogP contribution in [0.2, 0.25) is 20.1 Å². The minimum Gasteiger partial charge on any atom is -0.481 e. The Hall–Kier alpha value is -0.930. The summed E-state index contributed by atoms with van der Waals surface area (Å²) >= 11 is 24.1. The van der Waals surface area contributed by atoms with Crippen LogP contribution in [0.15, 0.2) is 30.3 Å². The fraction of sp³-hybridized carbons (Fsp3) is 0.0714. The van der Waals surface area contributed by atoms with Crippen LogP contribution in [0, 0.1) is 0 Å². The monoisotopic (exact) mass is 348 g/mol. The van der Waals surface area contributed by atoms with Gasteiger partial charge in [0.25, 0.3) is 0 Å². The highest BCUT2D eigenvalue weighted by Gasteiger charge is 2.13. The second-order valence-corrected chi connectivity index (χ2v) is 5.67. The Bertz CT molecular complexity index is 660. The van der Waals surface area contributed by atoms with E-state index >= 15 is 0 Å². The summed E-state index contributed by atoms with van der Waals surface area (Å²) in [5.74, 6) is -0.948. The Labute approximate surface area is 135 Å². The molecule has 0 fully saturated rings. The van der Waals surface area contributed by atoms with E-state index in [9.17, 15) is 4.79 Å². The number of carbonyl (C=O) groups is 1. The molecule has 6 heteroatoms. The number of carboxylic acid groups (broad SMARTS) is 1. The summed E-state index contributed by atoms with van der Waals surface area (Å²) in [5, 5.41) is 10.1. The van der Waals surface area contributed by atoms with Crippen molar-refractivity contribution in [1.82, 2.24) is 0 Å². The van der Waals surface area contributed by atoms with E-state index in [1.165, 1.54) is 0 Å². The number of benzene rings is 2. The van der Waals surface area contributed by atoms with Crippen molar-refractivity contribution in [2.75, 3.05) is 0 Å². The molecule has 0 aromatic heterocycles. The molecule has 2 rings (SSSR count). The van der Waals surface area contributed by atoms with Gasteiger partial charge in [0.05, 0.1) is 26.5 Å². The van der Waals surface area contributed by atoms with Crippen LogP contribution in [0.4, 0.5) is 0 Å². The fourth-order valence-corrected chi connectivity index (χ4v) is 2.71. The van der Waals surface area contributed by atoms with E-state index in [0.29, 0.717) is 31.8 Å². The third-order valence-corrected chi connectivity index (χ3v) is 4.36. The van der Waals surface area contributed by atoms with Crippen molar-refractivity contribution in [1.29, 1.82) is 0 Å². The van der Waals surface area contributed by atoms with Crippen LogP contribution >= 0.6 is 46.4 Å². The number of rotatable bonds is 3. The molecule has 0 aliphatic heterocycles. The average molecular weight is 350 g/mol. The number of carboxylic acids is 1. The summed E-state index contributed by atoms with van der Waals surface area (Å²) in [6.07, 6.45) is -0.151. The Morgan fingerprint density at radius 1 is 1.00 bits per heavy atom. The van der Waals surface area contributed by atoms with Crippen molar-refractivity contribution in [3.63, 3.8) is 0 Å². The molecule has 0 bridgehead atoms. The first-order valence-electron chi connectivity index (χ1n) is 5.54. The second kappa shape index (κ2) is 6.23. The van der Waals surface area contributed by atoms with Crippen LogP contribution in [0.3, 0.4) is 0 Å². The van der Waals surface area contributed by atoms with Gasteiger partial charge >= 0.3 is 5.97 Å². The van der Waals surface area contributed by atoms with Crippen molar-refractivity contribution < 1.29 is 9.90 Å². The largest absolute Gasteiger partial charge is 0.481 e. The van der Waals surface area contributed by atoms with Crippen LogP contribution in [-0.4, -0.2) is 11.1 Å². The lowest BCUT2D eigenvalue weighted by Crippen LogP contribution is -2.01. The van der Waals surface area contributed by atoms with E-state index in [4.69, 9.17) is 51.5 Å². The highest BCUT2D eigenvalue weighted by molar-refractivity contribution is 6.48. The van der Waals surface area contributed by atoms with Crippen molar-refractivity contribution in [2.45, 2.75) is 6.42 Å². The molecule has 0 spiro atoms. The molecule has 2 nitrogen and oxygen atoms in total. The molecule has 0 aliphatic rings. The molecular weight excluding hydrogens is 342 g/mol. The number of hydrogen-bond acceptors (Lipinski definition) is 1. The molecule has 0 aliphatic carbocycles. The summed E-state index contributed by atoms with van der Waals surface area (Å²) in [7, 11) is 0. The molecule has 0 atom stereocenters. The maximum Gasteiger partial charge on any atom is 0.307 e. The number of halogens is 4. The average Bonchev–Trinajstić information content (AvgIpc) is 2.37. The summed E-state index contributed by atoms with van der Waals surface area (Å²) in [6.45, 7) is 0. The molecular formula is C14H8Cl4O2. The number of aliphatic carboxylic acids is 1. The van der Waals surface area contributed by atoms with Gasteiger partial charge in [0, 0.05) is 5.56 Å². The Morgan fingerprint density at radius 2 is 1.60 bits per heavy atom. The van der Waals surface area contributed by atoms with Crippen LogP contribution in [0.1, 0.15) is 5.56 Å². The first kappa shape index (κ1) is 15.5. The maximum absolute atomic E-state index is 10.8. The highest BCUT2D eigenvalue weighted by atomic mass is 35.5. The van der Waals surface area contributed by atoms with Gasteiger partial charge in [-0.2, -0.15) is 0 Å². The van der Waals surface area contributed by atoms with Crippen LogP contribution in [-0.2, 0) is 11.2 Å². The molecule has 0 heterocycles. The second-order valence-electron chi connectivity index (χ2n) is 4.10. The molecule has 2 aromatic carbocycles. The van der Waals surface area contributed by atoms with Crippen LogP contribution in [0.25, 0.3) is 11.1 Å². The zero-order chi connectivity index (χ0) is 14.9. The van der Waals surface area contributed by atoms with Gasteiger partial charge < -0.3 is 5.11 Å². The van der Waals surface area contributed by atoms with Gasteiger partial charge in [0.15, 0.2) is 0 Å². The lowest BCUT2D eigenvalue weighted by molar-refractivity contribution is -0.136. The predicted octanol–water partition coefficient (Wildman–Crippen LogP) is 5.59. The van der Waals surface area contributed by atoms with E-state index in [1.807, 2.05) is 0 Å². The van der Waals surface area contributed by atoms with E-state index in [0.717, 1.165) is 0 Å². The van der Waals surface area contributed by atoms with Gasteiger partial charge in [0.2, 0.25) is 0 Å². The van der Waals surface area contributed by atoms with Gasteiger partial charge in [-0.3, -0.25) is 4.79 Å².